The van der Waals surface area contributed by atoms with Crippen LogP contribution in [0.5, 0.6) is 0 Å². The van der Waals surface area contributed by atoms with Gasteiger partial charge in [0.25, 0.3) is 0 Å². The Bertz CT molecular complexity index is 528. The number of hydrogen-bond donors (Lipinski definition) is 2. The molecule has 88 valence electrons. The number of aliphatic imine (C=N–C) groups is 1. The number of nitrogens with zero attached hydrogens (tertiary/aromatic N) is 2. The van der Waals surface area contributed by atoms with Gasteiger partial charge in [0.05, 0.1) is 5.52 Å². The van der Waals surface area contributed by atoms with Crippen molar-refractivity contribution in [2.75, 3.05) is 6.54 Å². The summed E-state index contributed by atoms with van der Waals surface area (Å²) in [5.74, 6) is 6.25. The van der Waals surface area contributed by atoms with Crippen molar-refractivity contribution in [3.8, 4) is 0 Å². The molecule has 1 heterocycles. The number of hydrogen-bond acceptors (Lipinski definition) is 3. The minimum atomic E-state index is 0.713. The molecule has 1 aromatic heterocycles. The largest absolute Gasteiger partial charge is 0.308 e. The van der Waals surface area contributed by atoms with Crippen LogP contribution in [-0.4, -0.2) is 17.4 Å². The number of benzene rings is 1. The first-order chi connectivity index (χ1) is 8.36. The summed E-state index contributed by atoms with van der Waals surface area (Å²) in [6, 6.07) is 9.88. The number of hydrazine groups is 1. The van der Waals surface area contributed by atoms with E-state index >= 15 is 0 Å². The second kappa shape index (κ2) is 5.41. The zero-order valence-corrected chi connectivity index (χ0v) is 9.85. The molecule has 0 saturated heterocycles. The number of rotatable bonds is 3. The Hall–Kier alpha value is -1.94. The van der Waals surface area contributed by atoms with Crippen LogP contribution in [0, 0.1) is 0 Å². The number of nitrogens with two attached hydrogens (primary N) is 1. The molecule has 1 aromatic carbocycles. The predicted octanol–water partition coefficient (Wildman–Crippen LogP) is 1.85. The zero-order chi connectivity index (χ0) is 12.1. The molecule has 3 N–H and O–H groups in total. The molecule has 4 heteroatoms. The molecule has 0 aliphatic carbocycles. The average molecular weight is 228 g/mol. The monoisotopic (exact) mass is 228 g/mol. The SMILES string of the molecule is CCCN=C(NN)c1cccc2ncccc12. The van der Waals surface area contributed by atoms with Gasteiger partial charge < -0.3 is 5.43 Å². The molecule has 2 rings (SSSR count). The summed E-state index contributed by atoms with van der Waals surface area (Å²) in [6.45, 7) is 2.85. The van der Waals surface area contributed by atoms with Gasteiger partial charge in [0.1, 0.15) is 5.84 Å². The molecule has 17 heavy (non-hydrogen) atoms. The standard InChI is InChI=1S/C13H16N4/c1-2-8-16-13(17-14)11-5-3-7-12-10(11)6-4-9-15-12/h3-7,9H,2,8,14H2,1H3,(H,16,17). The highest BCUT2D eigenvalue weighted by atomic mass is 15.2. The van der Waals surface area contributed by atoms with E-state index in [0.717, 1.165) is 29.4 Å². The molecule has 0 unspecified atom stereocenters. The van der Waals surface area contributed by atoms with E-state index in [-0.39, 0.29) is 0 Å². The highest BCUT2D eigenvalue weighted by Gasteiger charge is 2.06. The maximum atomic E-state index is 5.54. The normalized spacial score (nSPS) is 11.8. The molecular weight excluding hydrogens is 212 g/mol. The van der Waals surface area contributed by atoms with E-state index in [1.807, 2.05) is 30.3 Å². The van der Waals surface area contributed by atoms with Gasteiger partial charge in [-0.2, -0.15) is 0 Å². The van der Waals surface area contributed by atoms with E-state index < -0.39 is 0 Å². The summed E-state index contributed by atoms with van der Waals surface area (Å²) in [7, 11) is 0. The minimum absolute atomic E-state index is 0.713. The first-order valence-corrected chi connectivity index (χ1v) is 5.72. The van der Waals surface area contributed by atoms with Gasteiger partial charge in [-0.3, -0.25) is 9.98 Å². The minimum Gasteiger partial charge on any atom is -0.308 e. The molecule has 0 radical (unpaired) electrons. The molecule has 4 nitrogen and oxygen atoms in total. The topological polar surface area (TPSA) is 63.3 Å². The fourth-order valence-corrected chi connectivity index (χ4v) is 1.74. The average Bonchev–Trinajstić information content (AvgIpc) is 2.40. The third-order valence-electron chi connectivity index (χ3n) is 2.53. The first-order valence-electron chi connectivity index (χ1n) is 5.72. The van der Waals surface area contributed by atoms with Crippen molar-refractivity contribution in [1.82, 2.24) is 10.4 Å². The van der Waals surface area contributed by atoms with Crippen molar-refractivity contribution in [2.45, 2.75) is 13.3 Å². The molecule has 2 aromatic rings. The lowest BCUT2D eigenvalue weighted by atomic mass is 10.1. The predicted molar refractivity (Wildman–Crippen MR) is 70.8 cm³/mol. The van der Waals surface area contributed by atoms with Crippen molar-refractivity contribution in [3.63, 3.8) is 0 Å². The molecule has 0 saturated carbocycles. The lowest BCUT2D eigenvalue weighted by molar-refractivity contribution is 0.908. The lowest BCUT2D eigenvalue weighted by Crippen LogP contribution is -2.31. The van der Waals surface area contributed by atoms with E-state index in [9.17, 15) is 0 Å². The fraction of sp³-hybridized carbons (Fsp3) is 0.231. The Labute approximate surface area is 101 Å². The van der Waals surface area contributed by atoms with Crippen molar-refractivity contribution in [3.05, 3.63) is 42.1 Å². The van der Waals surface area contributed by atoms with Crippen LogP contribution in [0.4, 0.5) is 0 Å². The van der Waals surface area contributed by atoms with Crippen LogP contribution in [0.15, 0.2) is 41.5 Å². The Balaban J connectivity index is 2.53. The van der Waals surface area contributed by atoms with Crippen molar-refractivity contribution in [1.29, 1.82) is 0 Å². The zero-order valence-electron chi connectivity index (χ0n) is 9.85. The summed E-state index contributed by atoms with van der Waals surface area (Å²) in [4.78, 5) is 8.75. The molecular formula is C13H16N4. The summed E-state index contributed by atoms with van der Waals surface area (Å²) in [5, 5.41) is 1.06. The Kier molecular flexibility index (Phi) is 3.67. The van der Waals surface area contributed by atoms with E-state index in [4.69, 9.17) is 5.84 Å². The Morgan fingerprint density at radius 3 is 3.00 bits per heavy atom. The fourth-order valence-electron chi connectivity index (χ4n) is 1.74. The second-order valence-electron chi connectivity index (χ2n) is 3.75. The van der Waals surface area contributed by atoms with Crippen LogP contribution in [0.25, 0.3) is 10.9 Å². The molecule has 0 bridgehead atoms. The van der Waals surface area contributed by atoms with E-state index in [1.165, 1.54) is 0 Å². The number of fused-ring (bicyclic) bond motifs is 1. The highest BCUT2D eigenvalue weighted by molar-refractivity contribution is 6.08. The van der Waals surface area contributed by atoms with Crippen molar-refractivity contribution in [2.24, 2.45) is 10.8 Å². The van der Waals surface area contributed by atoms with Gasteiger partial charge in [0.2, 0.25) is 0 Å². The summed E-state index contributed by atoms with van der Waals surface area (Å²) in [6.07, 6.45) is 2.78. The van der Waals surface area contributed by atoms with E-state index in [0.29, 0.717) is 5.84 Å². The lowest BCUT2D eigenvalue weighted by Gasteiger charge is -2.08. The van der Waals surface area contributed by atoms with Gasteiger partial charge in [-0.15, -0.1) is 0 Å². The third-order valence-corrected chi connectivity index (χ3v) is 2.53. The van der Waals surface area contributed by atoms with Crippen LogP contribution in [-0.2, 0) is 0 Å². The van der Waals surface area contributed by atoms with Gasteiger partial charge in [-0.1, -0.05) is 25.1 Å². The van der Waals surface area contributed by atoms with Gasteiger partial charge in [0, 0.05) is 23.7 Å². The molecule has 0 amide bonds. The van der Waals surface area contributed by atoms with Gasteiger partial charge in [0.15, 0.2) is 0 Å². The second-order valence-corrected chi connectivity index (χ2v) is 3.75. The highest BCUT2D eigenvalue weighted by Crippen LogP contribution is 2.16. The smallest absolute Gasteiger partial charge is 0.143 e. The number of aromatic nitrogens is 1. The van der Waals surface area contributed by atoms with Crippen molar-refractivity contribution < 1.29 is 0 Å². The van der Waals surface area contributed by atoms with E-state index in [2.05, 4.69) is 22.3 Å². The summed E-state index contributed by atoms with van der Waals surface area (Å²) in [5.41, 5.74) is 4.61. The van der Waals surface area contributed by atoms with Crippen LogP contribution < -0.4 is 11.3 Å². The van der Waals surface area contributed by atoms with Gasteiger partial charge >= 0.3 is 0 Å². The Morgan fingerprint density at radius 1 is 1.35 bits per heavy atom. The van der Waals surface area contributed by atoms with Crippen LogP contribution in [0.2, 0.25) is 0 Å². The molecule has 0 atom stereocenters. The summed E-state index contributed by atoms with van der Waals surface area (Å²) < 4.78 is 0. The van der Waals surface area contributed by atoms with Gasteiger partial charge in [-0.25, -0.2) is 5.84 Å². The summed E-state index contributed by atoms with van der Waals surface area (Å²) >= 11 is 0. The quantitative estimate of drug-likeness (QED) is 0.365. The van der Waals surface area contributed by atoms with Crippen LogP contribution in [0.3, 0.4) is 0 Å². The third kappa shape index (κ3) is 2.42. The number of nitrogens with one attached hydrogen (secondary N) is 1. The maximum absolute atomic E-state index is 5.54. The first kappa shape index (κ1) is 11.5. The maximum Gasteiger partial charge on any atom is 0.143 e. The van der Waals surface area contributed by atoms with Crippen LogP contribution in [0.1, 0.15) is 18.9 Å². The molecule has 0 aliphatic heterocycles. The Morgan fingerprint density at radius 2 is 2.24 bits per heavy atom. The van der Waals surface area contributed by atoms with Crippen molar-refractivity contribution >= 4 is 16.7 Å². The van der Waals surface area contributed by atoms with Crippen LogP contribution >= 0.6 is 0 Å². The molecule has 0 fully saturated rings. The number of pyridine rings is 1. The van der Waals surface area contributed by atoms with E-state index in [1.54, 1.807) is 6.20 Å². The number of amidine groups is 1. The molecule has 0 aliphatic rings. The van der Waals surface area contributed by atoms with Gasteiger partial charge in [-0.05, 0) is 18.6 Å². The molecule has 0 spiro atoms.